The second-order valence-electron chi connectivity index (χ2n) is 10.8. The maximum atomic E-state index is 14.6. The summed E-state index contributed by atoms with van der Waals surface area (Å²) in [4.78, 5) is 34.3. The lowest BCUT2D eigenvalue weighted by molar-refractivity contribution is 0.0435. The van der Waals surface area contributed by atoms with Crippen molar-refractivity contribution in [1.82, 2.24) is 14.8 Å². The highest BCUT2D eigenvalue weighted by atomic mass is 19.2. The van der Waals surface area contributed by atoms with Gasteiger partial charge in [-0.3, -0.25) is 4.98 Å². The van der Waals surface area contributed by atoms with E-state index in [1.54, 1.807) is 17.2 Å². The van der Waals surface area contributed by atoms with Gasteiger partial charge in [-0.15, -0.1) is 0 Å². The number of aromatic nitrogens is 1. The van der Waals surface area contributed by atoms with Crippen LogP contribution < -0.4 is 5.32 Å². The zero-order valence-electron chi connectivity index (χ0n) is 22.2. The second kappa shape index (κ2) is 11.2. The Labute approximate surface area is 232 Å². The minimum absolute atomic E-state index is 0.0422. The molecule has 9 heteroatoms. The van der Waals surface area contributed by atoms with E-state index in [0.29, 0.717) is 63.0 Å². The van der Waals surface area contributed by atoms with Gasteiger partial charge >= 0.3 is 12.1 Å². The Bertz CT molecular complexity index is 1410. The van der Waals surface area contributed by atoms with Gasteiger partial charge in [0.15, 0.2) is 11.6 Å². The fourth-order valence-corrected chi connectivity index (χ4v) is 6.28. The highest BCUT2D eigenvalue weighted by Crippen LogP contribution is 2.38. The van der Waals surface area contributed by atoms with E-state index in [4.69, 9.17) is 4.74 Å². The number of likely N-dealkylation sites (tertiary alicyclic amines) is 1. The summed E-state index contributed by atoms with van der Waals surface area (Å²) >= 11 is 0. The molecule has 1 saturated heterocycles. The van der Waals surface area contributed by atoms with Crippen LogP contribution >= 0.6 is 0 Å². The first kappa shape index (κ1) is 26.2. The summed E-state index contributed by atoms with van der Waals surface area (Å²) in [5.41, 5.74) is 3.86. The summed E-state index contributed by atoms with van der Waals surface area (Å²) in [5.74, 6) is -1.93. The van der Waals surface area contributed by atoms with Crippen LogP contribution in [0.3, 0.4) is 0 Å². The van der Waals surface area contributed by atoms with Gasteiger partial charge in [-0.1, -0.05) is 36.4 Å². The third-order valence-electron chi connectivity index (χ3n) is 8.44. The van der Waals surface area contributed by atoms with E-state index in [-0.39, 0.29) is 18.0 Å². The smallest absolute Gasteiger partial charge is 0.410 e. The Morgan fingerprint density at radius 2 is 1.73 bits per heavy atom. The third-order valence-corrected chi connectivity index (χ3v) is 8.44. The zero-order valence-corrected chi connectivity index (χ0v) is 22.2. The van der Waals surface area contributed by atoms with Crippen molar-refractivity contribution < 1.29 is 23.1 Å². The number of anilines is 1. The van der Waals surface area contributed by atoms with E-state index in [0.717, 1.165) is 29.3 Å². The summed E-state index contributed by atoms with van der Waals surface area (Å²) in [6.45, 7) is 1.61. The molecule has 40 heavy (non-hydrogen) atoms. The van der Waals surface area contributed by atoms with Crippen LogP contribution in [0, 0.1) is 11.6 Å². The predicted molar refractivity (Wildman–Crippen MR) is 146 cm³/mol. The van der Waals surface area contributed by atoms with Gasteiger partial charge in [-0.2, -0.15) is 0 Å². The first-order chi connectivity index (χ1) is 19.5. The zero-order chi connectivity index (χ0) is 27.6. The highest BCUT2D eigenvalue weighted by molar-refractivity contribution is 5.91. The predicted octanol–water partition coefficient (Wildman–Crippen LogP) is 6.21. The standard InChI is InChI=1S/C31H32F2N4O3/c32-25-8-3-7-24(28(25)33)21-10-11-27(29-22(19-21)6-4-15-34-29)40-31(39)36-16-13-23(14-17-36)37-18-12-20-5-1-2-9-26(20)35-30(37)38/h1-9,15,21,23,27H,10-14,16-19H2,(H,35,38)/t21-,27-/m1/s1. The van der Waals surface area contributed by atoms with E-state index in [2.05, 4.69) is 10.3 Å². The molecule has 3 aromatic rings. The number of carbonyl (C=O) groups excluding carboxylic acids is 2. The molecular formula is C31H32F2N4O3. The van der Waals surface area contributed by atoms with Crippen LogP contribution in [-0.4, -0.2) is 52.6 Å². The molecule has 6 rings (SSSR count). The number of piperidine rings is 1. The molecular weight excluding hydrogens is 514 g/mol. The van der Waals surface area contributed by atoms with Crippen LogP contribution in [0.25, 0.3) is 0 Å². The minimum atomic E-state index is -0.860. The van der Waals surface area contributed by atoms with Crippen molar-refractivity contribution in [2.75, 3.05) is 25.0 Å². The van der Waals surface area contributed by atoms with Crippen LogP contribution in [0.15, 0.2) is 60.8 Å². The number of urea groups is 1. The van der Waals surface area contributed by atoms with Gasteiger partial charge in [0.25, 0.3) is 0 Å². The number of carbonyl (C=O) groups is 2. The molecule has 1 N–H and O–H groups in total. The van der Waals surface area contributed by atoms with E-state index in [9.17, 15) is 18.4 Å². The highest BCUT2D eigenvalue weighted by Gasteiger charge is 2.34. The Hall–Kier alpha value is -4.01. The minimum Gasteiger partial charge on any atom is -0.440 e. The Morgan fingerprint density at radius 3 is 2.58 bits per heavy atom. The average molecular weight is 547 g/mol. The molecule has 7 nitrogen and oxygen atoms in total. The van der Waals surface area contributed by atoms with Gasteiger partial charge in [-0.25, -0.2) is 18.4 Å². The van der Waals surface area contributed by atoms with Crippen LogP contribution in [-0.2, 0) is 17.6 Å². The molecule has 0 saturated carbocycles. The molecule has 1 aliphatic carbocycles. The summed E-state index contributed by atoms with van der Waals surface area (Å²) in [7, 11) is 0. The van der Waals surface area contributed by atoms with Crippen molar-refractivity contribution in [3.05, 3.63) is 94.8 Å². The summed E-state index contributed by atoms with van der Waals surface area (Å²) < 4.78 is 34.6. The third kappa shape index (κ3) is 5.24. The number of amides is 3. The number of benzene rings is 2. The molecule has 3 heterocycles. The maximum absolute atomic E-state index is 14.6. The Morgan fingerprint density at radius 1 is 0.925 bits per heavy atom. The fourth-order valence-electron chi connectivity index (χ4n) is 6.28. The molecule has 2 aliphatic heterocycles. The SMILES string of the molecule is O=C(O[C@@H]1CC[C@@H](c2cccc(F)c2F)Cc2cccnc21)N1CCC(N2CCc3ccccc3NC2=O)CC1. The van der Waals surface area contributed by atoms with Gasteiger partial charge in [0.05, 0.1) is 5.69 Å². The summed E-state index contributed by atoms with van der Waals surface area (Å²) in [5, 5.41) is 3.03. The number of fused-ring (bicyclic) bond motifs is 2. The lowest BCUT2D eigenvalue weighted by Gasteiger charge is -2.37. The Kier molecular flexibility index (Phi) is 7.36. The molecule has 3 amide bonds. The van der Waals surface area contributed by atoms with Gasteiger partial charge in [0.2, 0.25) is 0 Å². The quantitative estimate of drug-likeness (QED) is 0.396. The molecule has 0 radical (unpaired) electrons. The second-order valence-corrected chi connectivity index (χ2v) is 10.8. The lowest BCUT2D eigenvalue weighted by atomic mass is 9.90. The number of ether oxygens (including phenoxy) is 1. The summed E-state index contributed by atoms with van der Waals surface area (Å²) in [6, 6.07) is 15.8. The molecule has 3 aliphatic rings. The van der Waals surface area contributed by atoms with Crippen LogP contribution in [0.1, 0.15) is 60.1 Å². The largest absolute Gasteiger partial charge is 0.440 e. The molecule has 0 spiro atoms. The number of hydrogen-bond acceptors (Lipinski definition) is 4. The van der Waals surface area contributed by atoms with Crippen molar-refractivity contribution in [2.24, 2.45) is 0 Å². The molecule has 2 aromatic carbocycles. The van der Waals surface area contributed by atoms with Crippen LogP contribution in [0.5, 0.6) is 0 Å². The van der Waals surface area contributed by atoms with E-state index >= 15 is 0 Å². The average Bonchev–Trinajstić information content (AvgIpc) is 3.26. The van der Waals surface area contributed by atoms with Gasteiger partial charge < -0.3 is 19.9 Å². The number of halogens is 2. The van der Waals surface area contributed by atoms with Crippen molar-refractivity contribution in [3.8, 4) is 0 Å². The maximum Gasteiger partial charge on any atom is 0.410 e. The van der Waals surface area contributed by atoms with Crippen molar-refractivity contribution in [3.63, 3.8) is 0 Å². The monoisotopic (exact) mass is 546 g/mol. The number of nitrogens with one attached hydrogen (secondary N) is 1. The first-order valence-corrected chi connectivity index (χ1v) is 14.0. The van der Waals surface area contributed by atoms with Crippen LogP contribution in [0.4, 0.5) is 24.1 Å². The Balaban J connectivity index is 1.09. The fraction of sp³-hybridized carbons (Fsp3) is 0.387. The molecule has 1 aromatic heterocycles. The van der Waals surface area contributed by atoms with Crippen molar-refractivity contribution in [1.29, 1.82) is 0 Å². The number of hydrogen-bond donors (Lipinski definition) is 1. The summed E-state index contributed by atoms with van der Waals surface area (Å²) in [6.07, 6.45) is 4.28. The topological polar surface area (TPSA) is 74.8 Å². The normalized spacial score (nSPS) is 21.5. The molecule has 2 atom stereocenters. The number of pyridine rings is 1. The first-order valence-electron chi connectivity index (χ1n) is 14.0. The van der Waals surface area contributed by atoms with E-state index < -0.39 is 23.8 Å². The molecule has 0 bridgehead atoms. The molecule has 1 fully saturated rings. The number of para-hydroxylation sites is 1. The molecule has 208 valence electrons. The van der Waals surface area contributed by atoms with Gasteiger partial charge in [0, 0.05) is 37.6 Å². The van der Waals surface area contributed by atoms with Crippen molar-refractivity contribution in [2.45, 2.75) is 56.6 Å². The van der Waals surface area contributed by atoms with Gasteiger partial charge in [0.1, 0.15) is 6.10 Å². The van der Waals surface area contributed by atoms with Crippen molar-refractivity contribution >= 4 is 17.8 Å². The lowest BCUT2D eigenvalue weighted by Crippen LogP contribution is -2.50. The van der Waals surface area contributed by atoms with Crippen LogP contribution in [0.2, 0.25) is 0 Å². The van der Waals surface area contributed by atoms with E-state index in [1.807, 2.05) is 41.3 Å². The van der Waals surface area contributed by atoms with Gasteiger partial charge in [-0.05, 0) is 79.3 Å². The number of rotatable bonds is 3. The number of nitrogens with zero attached hydrogens (tertiary/aromatic N) is 3. The molecule has 0 unspecified atom stereocenters. The van der Waals surface area contributed by atoms with E-state index in [1.165, 1.54) is 6.07 Å².